The van der Waals surface area contributed by atoms with Crippen LogP contribution < -0.4 is 10.1 Å². The predicted molar refractivity (Wildman–Crippen MR) is 129 cm³/mol. The Bertz CT molecular complexity index is 1210. The highest BCUT2D eigenvalue weighted by atomic mass is 35.5. The summed E-state index contributed by atoms with van der Waals surface area (Å²) in [6.45, 7) is 0.0245. The van der Waals surface area contributed by atoms with Crippen molar-refractivity contribution in [2.45, 2.75) is 16.3 Å². The molecule has 1 amide bonds. The Morgan fingerprint density at radius 3 is 2.44 bits per heavy atom. The van der Waals surface area contributed by atoms with Gasteiger partial charge in [-0.1, -0.05) is 23.7 Å². The number of methoxy groups -OCH3 is 1. The number of para-hydroxylation sites is 1. The smallest absolute Gasteiger partial charge is 0.255 e. The highest BCUT2D eigenvalue weighted by Gasteiger charge is 2.23. The maximum absolute atomic E-state index is 12.9. The molecule has 0 radical (unpaired) electrons. The van der Waals surface area contributed by atoms with Crippen LogP contribution in [0.1, 0.15) is 15.9 Å². The molecule has 0 bridgehead atoms. The van der Waals surface area contributed by atoms with Crippen molar-refractivity contribution in [3.05, 3.63) is 82.9 Å². The fraction of sp³-hybridized carbons (Fsp3) is 0.174. The highest BCUT2D eigenvalue weighted by Crippen LogP contribution is 2.27. The molecule has 0 saturated carbocycles. The quantitative estimate of drug-likeness (QED) is 0.442. The standard InChI is InChI=1S/C23H23ClN2O4S2/c1-26(32(28,29)19-11-9-18(24)10-12-19)15-17-14-16(8-13-21(17)30-2)23(27)25-20-6-4-5-7-22(20)31-3/h4-14H,15H2,1-3H3,(H,25,27). The van der Waals surface area contributed by atoms with Gasteiger partial charge in [0.15, 0.2) is 0 Å². The third-order valence-electron chi connectivity index (χ3n) is 4.81. The van der Waals surface area contributed by atoms with Crippen LogP contribution >= 0.6 is 23.4 Å². The van der Waals surface area contributed by atoms with Gasteiger partial charge in [0.25, 0.3) is 5.91 Å². The predicted octanol–water partition coefficient (Wildman–Crippen LogP) is 5.14. The molecule has 9 heteroatoms. The van der Waals surface area contributed by atoms with E-state index in [9.17, 15) is 13.2 Å². The summed E-state index contributed by atoms with van der Waals surface area (Å²) in [6, 6.07) is 18.4. The van der Waals surface area contributed by atoms with Gasteiger partial charge in [0.1, 0.15) is 5.75 Å². The number of carbonyl (C=O) groups is 1. The molecule has 3 rings (SSSR count). The summed E-state index contributed by atoms with van der Waals surface area (Å²) in [5.41, 5.74) is 1.68. The minimum absolute atomic E-state index is 0.0245. The number of rotatable bonds is 8. The molecule has 0 heterocycles. The molecule has 0 atom stereocenters. The molecule has 0 aliphatic rings. The van der Waals surface area contributed by atoms with Gasteiger partial charge < -0.3 is 10.1 Å². The maximum Gasteiger partial charge on any atom is 0.255 e. The molecule has 0 aliphatic heterocycles. The van der Waals surface area contributed by atoms with E-state index in [1.54, 1.807) is 18.2 Å². The number of hydrogen-bond acceptors (Lipinski definition) is 5. The fourth-order valence-corrected chi connectivity index (χ4v) is 4.93. The number of ether oxygens (including phenoxy) is 1. The molecule has 0 unspecified atom stereocenters. The van der Waals surface area contributed by atoms with Crippen molar-refractivity contribution in [1.82, 2.24) is 4.31 Å². The van der Waals surface area contributed by atoms with E-state index in [4.69, 9.17) is 16.3 Å². The van der Waals surface area contributed by atoms with Crippen LogP contribution in [0.5, 0.6) is 5.75 Å². The SMILES string of the molecule is COc1ccc(C(=O)Nc2ccccc2SC)cc1CN(C)S(=O)(=O)c1ccc(Cl)cc1. The lowest BCUT2D eigenvalue weighted by Crippen LogP contribution is -2.27. The summed E-state index contributed by atoms with van der Waals surface area (Å²) < 4.78 is 32.5. The first-order valence-electron chi connectivity index (χ1n) is 9.59. The monoisotopic (exact) mass is 490 g/mol. The molecule has 3 aromatic rings. The zero-order valence-electron chi connectivity index (χ0n) is 17.8. The van der Waals surface area contributed by atoms with Gasteiger partial charge in [-0.05, 0) is 60.9 Å². The first-order valence-corrected chi connectivity index (χ1v) is 12.6. The molecule has 0 aliphatic carbocycles. The van der Waals surface area contributed by atoms with E-state index in [1.165, 1.54) is 54.5 Å². The normalized spacial score (nSPS) is 11.4. The number of carbonyl (C=O) groups excluding carboxylic acids is 1. The van der Waals surface area contributed by atoms with Gasteiger partial charge >= 0.3 is 0 Å². The number of sulfonamides is 1. The Morgan fingerprint density at radius 2 is 1.78 bits per heavy atom. The number of thioether (sulfide) groups is 1. The summed E-state index contributed by atoms with van der Waals surface area (Å²) in [6.07, 6.45) is 1.94. The van der Waals surface area contributed by atoms with Gasteiger partial charge in [0, 0.05) is 34.6 Å². The highest BCUT2D eigenvalue weighted by molar-refractivity contribution is 7.98. The van der Waals surface area contributed by atoms with Gasteiger partial charge in [-0.2, -0.15) is 4.31 Å². The average molecular weight is 491 g/mol. The van der Waals surface area contributed by atoms with Crippen LogP contribution in [-0.4, -0.2) is 39.0 Å². The van der Waals surface area contributed by atoms with Crippen molar-refractivity contribution < 1.29 is 17.9 Å². The second-order valence-electron chi connectivity index (χ2n) is 6.90. The van der Waals surface area contributed by atoms with Crippen molar-refractivity contribution in [2.75, 3.05) is 25.7 Å². The number of amides is 1. The molecule has 1 N–H and O–H groups in total. The zero-order valence-corrected chi connectivity index (χ0v) is 20.2. The molecule has 6 nitrogen and oxygen atoms in total. The first kappa shape index (κ1) is 24.1. The molecular formula is C23H23ClN2O4S2. The van der Waals surface area contributed by atoms with Crippen LogP contribution in [0.15, 0.2) is 76.5 Å². The molecule has 0 aromatic heterocycles. The number of hydrogen-bond donors (Lipinski definition) is 1. The van der Waals surface area contributed by atoms with E-state index in [0.29, 0.717) is 27.6 Å². The summed E-state index contributed by atoms with van der Waals surface area (Å²) in [4.78, 5) is 13.9. The van der Waals surface area contributed by atoms with Crippen molar-refractivity contribution >= 4 is 45.0 Å². The Balaban J connectivity index is 1.86. The van der Waals surface area contributed by atoms with Gasteiger partial charge in [0.05, 0.1) is 17.7 Å². The van der Waals surface area contributed by atoms with Crippen molar-refractivity contribution in [3.8, 4) is 5.75 Å². The molecule has 0 fully saturated rings. The van der Waals surface area contributed by atoms with E-state index in [0.717, 1.165) is 4.90 Å². The number of nitrogens with one attached hydrogen (secondary N) is 1. The van der Waals surface area contributed by atoms with Crippen LogP contribution in [0, 0.1) is 0 Å². The molecule has 0 saturated heterocycles. The third kappa shape index (κ3) is 5.45. The topological polar surface area (TPSA) is 75.7 Å². The molecule has 32 heavy (non-hydrogen) atoms. The van der Waals surface area contributed by atoms with Gasteiger partial charge in [-0.25, -0.2) is 8.42 Å². The zero-order chi connectivity index (χ0) is 23.3. The summed E-state index contributed by atoms with van der Waals surface area (Å²) in [5.74, 6) is 0.197. The number of nitrogens with zero attached hydrogens (tertiary/aromatic N) is 1. The second-order valence-corrected chi connectivity index (χ2v) is 10.2. The molecule has 0 spiro atoms. The van der Waals surface area contributed by atoms with Crippen molar-refractivity contribution in [3.63, 3.8) is 0 Å². The lowest BCUT2D eigenvalue weighted by Gasteiger charge is -2.19. The first-order chi connectivity index (χ1) is 15.3. The Kier molecular flexibility index (Phi) is 7.84. The third-order valence-corrected chi connectivity index (χ3v) is 7.68. The maximum atomic E-state index is 12.9. The molecular weight excluding hydrogens is 468 g/mol. The van der Waals surface area contributed by atoms with E-state index >= 15 is 0 Å². The van der Waals surface area contributed by atoms with Crippen molar-refractivity contribution in [2.24, 2.45) is 0 Å². The average Bonchev–Trinajstić information content (AvgIpc) is 2.79. The van der Waals surface area contributed by atoms with E-state index in [2.05, 4.69) is 5.32 Å². The van der Waals surface area contributed by atoms with Gasteiger partial charge in [-0.3, -0.25) is 4.79 Å². The molecule has 3 aromatic carbocycles. The van der Waals surface area contributed by atoms with Gasteiger partial charge in [0.2, 0.25) is 10.0 Å². The Hall–Kier alpha value is -2.52. The number of benzene rings is 3. The summed E-state index contributed by atoms with van der Waals surface area (Å²) in [7, 11) is -0.776. The minimum Gasteiger partial charge on any atom is -0.496 e. The summed E-state index contributed by atoms with van der Waals surface area (Å²) in [5, 5.41) is 3.37. The van der Waals surface area contributed by atoms with Gasteiger partial charge in [-0.15, -0.1) is 11.8 Å². The minimum atomic E-state index is -3.75. The lowest BCUT2D eigenvalue weighted by atomic mass is 10.1. The summed E-state index contributed by atoms with van der Waals surface area (Å²) >= 11 is 7.41. The van der Waals surface area contributed by atoms with Crippen LogP contribution in [0.2, 0.25) is 5.02 Å². The van der Waals surface area contributed by atoms with E-state index in [1.807, 2.05) is 30.5 Å². The number of anilines is 1. The Labute approximate surface area is 197 Å². The molecule has 168 valence electrons. The second kappa shape index (κ2) is 10.4. The van der Waals surface area contributed by atoms with E-state index in [-0.39, 0.29) is 17.3 Å². The van der Waals surface area contributed by atoms with E-state index < -0.39 is 10.0 Å². The van der Waals surface area contributed by atoms with Crippen molar-refractivity contribution in [1.29, 1.82) is 0 Å². The largest absolute Gasteiger partial charge is 0.496 e. The van der Waals surface area contributed by atoms with Crippen LogP contribution in [-0.2, 0) is 16.6 Å². The van der Waals surface area contributed by atoms with Crippen LogP contribution in [0.3, 0.4) is 0 Å². The fourth-order valence-electron chi connectivity index (χ4n) is 3.10. The Morgan fingerprint density at radius 1 is 1.09 bits per heavy atom. The number of halogens is 1. The van der Waals surface area contributed by atoms with Crippen LogP contribution in [0.25, 0.3) is 0 Å². The van der Waals surface area contributed by atoms with Crippen LogP contribution in [0.4, 0.5) is 5.69 Å². The lowest BCUT2D eigenvalue weighted by molar-refractivity contribution is 0.102.